The van der Waals surface area contributed by atoms with Crippen LogP contribution >= 0.6 is 0 Å². The van der Waals surface area contributed by atoms with Gasteiger partial charge in [0.2, 0.25) is 0 Å². The topological polar surface area (TPSA) is 0 Å². The van der Waals surface area contributed by atoms with Crippen LogP contribution in [0.1, 0.15) is 55.4 Å². The summed E-state index contributed by atoms with van der Waals surface area (Å²) < 4.78 is 0. The third-order valence-corrected chi connectivity index (χ3v) is 2.38. The number of rotatable bonds is 1. The Hall–Kier alpha value is -0.520. The van der Waals surface area contributed by atoms with Crippen molar-refractivity contribution in [1.29, 1.82) is 0 Å². The molecule has 0 rings (SSSR count). The monoisotopic (exact) mass is 180 g/mol. The molecule has 0 spiro atoms. The Kier molecular flexibility index (Phi) is 3.96. The van der Waals surface area contributed by atoms with Gasteiger partial charge in [-0.25, -0.2) is 0 Å². The van der Waals surface area contributed by atoms with Crippen LogP contribution in [0.25, 0.3) is 0 Å². The average Bonchev–Trinajstić information content (AvgIpc) is 1.82. The largest absolute Gasteiger partial charge is 0.0732 e. The highest BCUT2D eigenvalue weighted by molar-refractivity contribution is 5.39. The molecule has 0 heteroatoms. The molecule has 0 aliphatic heterocycles. The van der Waals surface area contributed by atoms with Crippen LogP contribution in [0.5, 0.6) is 0 Å². The summed E-state index contributed by atoms with van der Waals surface area (Å²) in [5, 5.41) is 0. The minimum Gasteiger partial charge on any atom is -0.0732 e. The van der Waals surface area contributed by atoms with E-state index < -0.39 is 0 Å². The molecule has 0 atom stereocenters. The maximum Gasteiger partial charge on any atom is -0.0130 e. The fourth-order valence-corrected chi connectivity index (χ4v) is 1.94. The Labute approximate surface area is 83.7 Å². The van der Waals surface area contributed by atoms with E-state index in [1.54, 1.807) is 0 Å². The predicted octanol–water partition coefficient (Wildman–Crippen LogP) is 4.73. The van der Waals surface area contributed by atoms with Crippen molar-refractivity contribution in [2.75, 3.05) is 0 Å². The second-order valence-corrected chi connectivity index (χ2v) is 5.25. The molecule has 76 valence electrons. The van der Waals surface area contributed by atoms with Crippen molar-refractivity contribution in [2.24, 2.45) is 5.41 Å². The van der Waals surface area contributed by atoms with Crippen LogP contribution in [0.15, 0.2) is 22.3 Å². The molecule has 0 amide bonds. The predicted molar refractivity (Wildman–Crippen MR) is 61.9 cm³/mol. The average molecular weight is 180 g/mol. The third kappa shape index (κ3) is 3.38. The molecule has 0 bridgehead atoms. The molecule has 0 aromatic heterocycles. The van der Waals surface area contributed by atoms with E-state index in [9.17, 15) is 0 Å². The highest BCUT2D eigenvalue weighted by atomic mass is 14.2. The molecule has 0 heterocycles. The van der Waals surface area contributed by atoms with Crippen molar-refractivity contribution >= 4 is 0 Å². The van der Waals surface area contributed by atoms with Crippen LogP contribution < -0.4 is 0 Å². The van der Waals surface area contributed by atoms with Gasteiger partial charge in [-0.1, -0.05) is 31.9 Å². The number of allylic oxidation sites excluding steroid dienone is 4. The molecule has 0 N–H and O–H groups in total. The summed E-state index contributed by atoms with van der Waals surface area (Å²) in [5.74, 6) is 0. The van der Waals surface area contributed by atoms with Gasteiger partial charge in [0.25, 0.3) is 0 Å². The van der Waals surface area contributed by atoms with Crippen molar-refractivity contribution in [3.63, 3.8) is 0 Å². The smallest absolute Gasteiger partial charge is 0.0130 e. The van der Waals surface area contributed by atoms with Gasteiger partial charge in [-0.05, 0) is 51.2 Å². The van der Waals surface area contributed by atoms with Gasteiger partial charge in [0.05, 0.1) is 0 Å². The van der Waals surface area contributed by atoms with Gasteiger partial charge in [0.1, 0.15) is 0 Å². The van der Waals surface area contributed by atoms with E-state index in [-0.39, 0.29) is 5.41 Å². The SMILES string of the molecule is CC(C)=C(C)C(=C(C)C)C(C)(C)C. The summed E-state index contributed by atoms with van der Waals surface area (Å²) >= 11 is 0. The Bertz CT molecular complexity index is 236. The molecule has 0 nitrogen and oxygen atoms in total. The molecule has 0 saturated carbocycles. The van der Waals surface area contributed by atoms with Crippen molar-refractivity contribution in [2.45, 2.75) is 55.4 Å². The van der Waals surface area contributed by atoms with Gasteiger partial charge in [-0.3, -0.25) is 0 Å². The van der Waals surface area contributed by atoms with Crippen molar-refractivity contribution in [1.82, 2.24) is 0 Å². The van der Waals surface area contributed by atoms with Crippen LogP contribution in [0.2, 0.25) is 0 Å². The number of hydrogen-bond donors (Lipinski definition) is 0. The van der Waals surface area contributed by atoms with Crippen LogP contribution in [0, 0.1) is 5.41 Å². The molecule has 13 heavy (non-hydrogen) atoms. The van der Waals surface area contributed by atoms with E-state index >= 15 is 0 Å². The maximum atomic E-state index is 2.28. The lowest BCUT2D eigenvalue weighted by atomic mass is 9.79. The Morgan fingerprint density at radius 2 is 1.08 bits per heavy atom. The van der Waals surface area contributed by atoms with Crippen LogP contribution in [-0.4, -0.2) is 0 Å². The molecule has 0 aliphatic carbocycles. The summed E-state index contributed by atoms with van der Waals surface area (Å²) in [6.45, 7) is 17.8. The van der Waals surface area contributed by atoms with E-state index in [0.717, 1.165) is 0 Å². The first-order valence-electron chi connectivity index (χ1n) is 5.00. The normalized spacial score (nSPS) is 11.1. The molecule has 0 aromatic rings. The number of hydrogen-bond acceptors (Lipinski definition) is 0. The highest BCUT2D eigenvalue weighted by Crippen LogP contribution is 2.34. The molecule has 0 fully saturated rings. The second-order valence-electron chi connectivity index (χ2n) is 5.25. The van der Waals surface area contributed by atoms with Crippen molar-refractivity contribution < 1.29 is 0 Å². The molecule has 0 aliphatic rings. The zero-order chi connectivity index (χ0) is 10.8. The Morgan fingerprint density at radius 1 is 0.692 bits per heavy atom. The van der Waals surface area contributed by atoms with Crippen molar-refractivity contribution in [3.05, 3.63) is 22.3 Å². The standard InChI is InChI=1S/C13H24/c1-9(2)11(5)12(10(3)4)13(6,7)8/h1-8H3. The minimum atomic E-state index is 0.264. The Balaban J connectivity index is 5.37. The second kappa shape index (κ2) is 4.13. The zero-order valence-corrected chi connectivity index (χ0v) is 10.5. The lowest BCUT2D eigenvalue weighted by Crippen LogP contribution is -2.12. The fourth-order valence-electron chi connectivity index (χ4n) is 1.94. The van der Waals surface area contributed by atoms with Gasteiger partial charge in [0.15, 0.2) is 0 Å². The van der Waals surface area contributed by atoms with Gasteiger partial charge in [-0.2, -0.15) is 0 Å². The lowest BCUT2D eigenvalue weighted by molar-refractivity contribution is 0.504. The first-order valence-corrected chi connectivity index (χ1v) is 5.00. The van der Waals surface area contributed by atoms with Gasteiger partial charge in [-0.15, -0.1) is 0 Å². The van der Waals surface area contributed by atoms with Gasteiger partial charge < -0.3 is 0 Å². The third-order valence-electron chi connectivity index (χ3n) is 2.38. The Morgan fingerprint density at radius 3 is 1.15 bits per heavy atom. The quantitative estimate of drug-likeness (QED) is 0.512. The van der Waals surface area contributed by atoms with Crippen LogP contribution in [0.4, 0.5) is 0 Å². The summed E-state index contributed by atoms with van der Waals surface area (Å²) in [4.78, 5) is 0. The first kappa shape index (κ1) is 12.5. The van der Waals surface area contributed by atoms with E-state index in [4.69, 9.17) is 0 Å². The van der Waals surface area contributed by atoms with E-state index in [0.29, 0.717) is 0 Å². The summed E-state index contributed by atoms with van der Waals surface area (Å²) in [6, 6.07) is 0. The summed E-state index contributed by atoms with van der Waals surface area (Å²) in [6.07, 6.45) is 0. The van der Waals surface area contributed by atoms with Gasteiger partial charge >= 0.3 is 0 Å². The minimum absolute atomic E-state index is 0.264. The fraction of sp³-hybridized carbons (Fsp3) is 0.692. The lowest BCUT2D eigenvalue weighted by Gasteiger charge is -2.26. The molecule has 0 radical (unpaired) electrons. The molecule has 0 saturated heterocycles. The highest BCUT2D eigenvalue weighted by Gasteiger charge is 2.19. The van der Waals surface area contributed by atoms with E-state index in [1.807, 2.05) is 0 Å². The van der Waals surface area contributed by atoms with E-state index in [1.165, 1.54) is 22.3 Å². The zero-order valence-electron chi connectivity index (χ0n) is 10.5. The molecular formula is C13H24. The molecule has 0 unspecified atom stereocenters. The first-order chi connectivity index (χ1) is 5.68. The van der Waals surface area contributed by atoms with Crippen LogP contribution in [-0.2, 0) is 0 Å². The molecular weight excluding hydrogens is 156 g/mol. The van der Waals surface area contributed by atoms with Gasteiger partial charge in [0, 0.05) is 0 Å². The van der Waals surface area contributed by atoms with Crippen molar-refractivity contribution in [3.8, 4) is 0 Å². The summed E-state index contributed by atoms with van der Waals surface area (Å²) in [7, 11) is 0. The maximum absolute atomic E-state index is 2.28. The van der Waals surface area contributed by atoms with Crippen LogP contribution in [0.3, 0.4) is 0 Å². The molecule has 0 aromatic carbocycles. The summed E-state index contributed by atoms with van der Waals surface area (Å²) in [5.41, 5.74) is 6.08. The van der Waals surface area contributed by atoms with E-state index in [2.05, 4.69) is 55.4 Å².